The Balaban J connectivity index is 1.71. The first kappa shape index (κ1) is 20.2. The van der Waals surface area contributed by atoms with E-state index < -0.39 is 0 Å². The molecule has 0 aromatic heterocycles. The van der Waals surface area contributed by atoms with E-state index in [1.165, 1.54) is 65.0 Å². The van der Waals surface area contributed by atoms with Crippen molar-refractivity contribution in [3.8, 4) is 0 Å². The molecule has 0 aromatic rings. The fraction of sp³-hybridized carbons (Fsp3) is 1.00. The van der Waals surface area contributed by atoms with Gasteiger partial charge in [-0.3, -0.25) is 9.80 Å². The van der Waals surface area contributed by atoms with Crippen molar-refractivity contribution in [3.05, 3.63) is 0 Å². The number of rotatable bonds is 7. The van der Waals surface area contributed by atoms with E-state index >= 15 is 0 Å². The van der Waals surface area contributed by atoms with Crippen molar-refractivity contribution < 1.29 is 0 Å². The minimum absolute atomic E-state index is 0.701. The molecule has 2 heterocycles. The molecule has 0 bridgehead atoms. The molecule has 0 aromatic carbocycles. The maximum Gasteiger partial charge on any atom is 0.0112 e. The summed E-state index contributed by atoms with van der Waals surface area (Å²) in [5, 5.41) is 0. The van der Waals surface area contributed by atoms with Gasteiger partial charge < -0.3 is 4.90 Å². The minimum Gasteiger partial charge on any atom is -0.301 e. The van der Waals surface area contributed by atoms with Gasteiger partial charge in [0.1, 0.15) is 0 Å². The molecule has 2 saturated heterocycles. The standard InChI is InChI=1S/C21H43N3/c1-17(2)22-11-7-12-23(15-14-22)20(6)9-8-19(5)21-10-13-24(16-21)18(3)4/h17-21H,7-16H2,1-6H3. The van der Waals surface area contributed by atoms with Crippen molar-refractivity contribution in [2.24, 2.45) is 11.8 Å². The molecule has 0 amide bonds. The van der Waals surface area contributed by atoms with E-state index in [4.69, 9.17) is 0 Å². The second-order valence-electron chi connectivity index (χ2n) is 9.06. The van der Waals surface area contributed by atoms with Crippen molar-refractivity contribution >= 4 is 0 Å². The monoisotopic (exact) mass is 337 g/mol. The maximum atomic E-state index is 2.75. The summed E-state index contributed by atoms with van der Waals surface area (Å²) in [4.78, 5) is 8.07. The first-order valence-corrected chi connectivity index (χ1v) is 10.6. The molecule has 2 rings (SSSR count). The van der Waals surface area contributed by atoms with Gasteiger partial charge in [0.25, 0.3) is 0 Å². The molecule has 24 heavy (non-hydrogen) atoms. The lowest BCUT2D eigenvalue weighted by molar-refractivity contribution is 0.177. The van der Waals surface area contributed by atoms with Crippen LogP contribution >= 0.6 is 0 Å². The van der Waals surface area contributed by atoms with Crippen LogP contribution in [0.3, 0.4) is 0 Å². The molecule has 0 N–H and O–H groups in total. The zero-order chi connectivity index (χ0) is 17.7. The third-order valence-electron chi connectivity index (χ3n) is 6.75. The molecule has 0 aliphatic carbocycles. The van der Waals surface area contributed by atoms with E-state index in [9.17, 15) is 0 Å². The Hall–Kier alpha value is -0.120. The van der Waals surface area contributed by atoms with E-state index in [1.54, 1.807) is 0 Å². The Labute approximate surface area is 151 Å². The van der Waals surface area contributed by atoms with Crippen LogP contribution < -0.4 is 0 Å². The summed E-state index contributed by atoms with van der Waals surface area (Å²) in [6.07, 6.45) is 5.54. The zero-order valence-corrected chi connectivity index (χ0v) is 17.3. The Bertz CT molecular complexity index is 355. The minimum atomic E-state index is 0.701. The van der Waals surface area contributed by atoms with Crippen LogP contribution in [0.2, 0.25) is 0 Å². The van der Waals surface area contributed by atoms with Crippen LogP contribution in [0.5, 0.6) is 0 Å². The molecule has 0 spiro atoms. The van der Waals surface area contributed by atoms with Crippen molar-refractivity contribution in [2.75, 3.05) is 39.3 Å². The van der Waals surface area contributed by atoms with Gasteiger partial charge in [-0.1, -0.05) is 6.92 Å². The highest BCUT2D eigenvalue weighted by molar-refractivity contribution is 4.82. The van der Waals surface area contributed by atoms with Crippen molar-refractivity contribution in [2.45, 2.75) is 85.4 Å². The summed E-state index contributed by atoms with van der Waals surface area (Å²) in [5.74, 6) is 1.82. The van der Waals surface area contributed by atoms with Gasteiger partial charge in [-0.05, 0) is 91.8 Å². The van der Waals surface area contributed by atoms with E-state index in [2.05, 4.69) is 56.2 Å². The van der Waals surface area contributed by atoms with Gasteiger partial charge in [0, 0.05) is 37.8 Å². The SMILES string of the molecule is CC(CCC(C)N1CCCN(C(C)C)CC1)C1CCN(C(C)C)C1. The highest BCUT2D eigenvalue weighted by Gasteiger charge is 2.29. The van der Waals surface area contributed by atoms with E-state index in [-0.39, 0.29) is 0 Å². The predicted octanol–water partition coefficient (Wildman–Crippen LogP) is 3.94. The highest BCUT2D eigenvalue weighted by atomic mass is 15.2. The fourth-order valence-electron chi connectivity index (χ4n) is 4.59. The molecule has 3 heteroatoms. The Morgan fingerprint density at radius 2 is 1.33 bits per heavy atom. The van der Waals surface area contributed by atoms with Crippen molar-refractivity contribution in [3.63, 3.8) is 0 Å². The molecule has 3 atom stereocenters. The third-order valence-corrected chi connectivity index (χ3v) is 6.75. The van der Waals surface area contributed by atoms with Gasteiger partial charge in [0.15, 0.2) is 0 Å². The number of hydrogen-bond donors (Lipinski definition) is 0. The Kier molecular flexibility index (Phi) is 8.03. The number of likely N-dealkylation sites (tertiary alicyclic amines) is 1. The molecular weight excluding hydrogens is 294 g/mol. The molecule has 142 valence electrons. The summed E-state index contributed by atoms with van der Waals surface area (Å²) in [7, 11) is 0. The summed E-state index contributed by atoms with van der Waals surface area (Å²) >= 11 is 0. The average Bonchev–Trinajstić information content (AvgIpc) is 2.90. The van der Waals surface area contributed by atoms with Gasteiger partial charge in [-0.15, -0.1) is 0 Å². The topological polar surface area (TPSA) is 9.72 Å². The smallest absolute Gasteiger partial charge is 0.0112 e. The van der Waals surface area contributed by atoms with Crippen LogP contribution in [0.1, 0.15) is 67.2 Å². The first-order valence-electron chi connectivity index (χ1n) is 10.6. The molecule has 3 unspecified atom stereocenters. The highest BCUT2D eigenvalue weighted by Crippen LogP contribution is 2.29. The van der Waals surface area contributed by atoms with Crippen molar-refractivity contribution in [1.82, 2.24) is 14.7 Å². The zero-order valence-electron chi connectivity index (χ0n) is 17.3. The van der Waals surface area contributed by atoms with E-state index in [0.717, 1.165) is 23.9 Å². The van der Waals surface area contributed by atoms with Crippen LogP contribution in [0.15, 0.2) is 0 Å². The van der Waals surface area contributed by atoms with Gasteiger partial charge >= 0.3 is 0 Å². The summed E-state index contributed by atoms with van der Waals surface area (Å²) < 4.78 is 0. The molecule has 0 saturated carbocycles. The van der Waals surface area contributed by atoms with Crippen LogP contribution in [-0.4, -0.2) is 72.1 Å². The molecule has 2 aliphatic heterocycles. The first-order chi connectivity index (χ1) is 11.4. The third kappa shape index (κ3) is 5.71. The average molecular weight is 338 g/mol. The largest absolute Gasteiger partial charge is 0.301 e. The Morgan fingerprint density at radius 3 is 1.96 bits per heavy atom. The molecule has 2 fully saturated rings. The van der Waals surface area contributed by atoms with Crippen LogP contribution in [0.4, 0.5) is 0 Å². The second kappa shape index (κ2) is 9.54. The van der Waals surface area contributed by atoms with Gasteiger partial charge in [0.2, 0.25) is 0 Å². The lowest BCUT2D eigenvalue weighted by atomic mass is 9.88. The van der Waals surface area contributed by atoms with E-state index in [0.29, 0.717) is 6.04 Å². The fourth-order valence-corrected chi connectivity index (χ4v) is 4.59. The Morgan fingerprint density at radius 1 is 0.708 bits per heavy atom. The lowest BCUT2D eigenvalue weighted by Gasteiger charge is -2.30. The van der Waals surface area contributed by atoms with Gasteiger partial charge in [-0.25, -0.2) is 0 Å². The maximum absolute atomic E-state index is 2.75. The van der Waals surface area contributed by atoms with Gasteiger partial charge in [0.05, 0.1) is 0 Å². The van der Waals surface area contributed by atoms with Crippen LogP contribution in [0.25, 0.3) is 0 Å². The predicted molar refractivity (Wildman–Crippen MR) is 106 cm³/mol. The molecule has 2 aliphatic rings. The molecule has 3 nitrogen and oxygen atoms in total. The van der Waals surface area contributed by atoms with Crippen LogP contribution in [0, 0.1) is 11.8 Å². The van der Waals surface area contributed by atoms with Gasteiger partial charge in [-0.2, -0.15) is 0 Å². The number of nitrogens with zero attached hydrogens (tertiary/aromatic N) is 3. The quantitative estimate of drug-likeness (QED) is 0.697. The second-order valence-corrected chi connectivity index (χ2v) is 9.06. The summed E-state index contributed by atoms with van der Waals surface area (Å²) in [5.41, 5.74) is 0. The summed E-state index contributed by atoms with van der Waals surface area (Å²) in [6.45, 7) is 22.1. The van der Waals surface area contributed by atoms with Crippen molar-refractivity contribution in [1.29, 1.82) is 0 Å². The lowest BCUT2D eigenvalue weighted by Crippen LogP contribution is -2.38. The number of hydrogen-bond acceptors (Lipinski definition) is 3. The molecule has 0 radical (unpaired) electrons. The van der Waals surface area contributed by atoms with Crippen LogP contribution in [-0.2, 0) is 0 Å². The molecular formula is C21H43N3. The van der Waals surface area contributed by atoms with E-state index in [1.807, 2.05) is 0 Å². The summed E-state index contributed by atoms with van der Waals surface area (Å²) in [6, 6.07) is 2.18. The normalized spacial score (nSPS) is 27.8.